The Bertz CT molecular complexity index is 4700. The average Bonchev–Trinajstić information content (AvgIpc) is 0.750. The van der Waals surface area contributed by atoms with Gasteiger partial charge >= 0.3 is 0 Å². The number of hydrogen-bond acceptors (Lipinski definition) is 0. The van der Waals surface area contributed by atoms with E-state index in [-0.39, 0.29) is 78.3 Å². The van der Waals surface area contributed by atoms with Crippen molar-refractivity contribution in [2.24, 2.45) is 23.7 Å². The second kappa shape index (κ2) is 46.5. The van der Waals surface area contributed by atoms with E-state index in [0.717, 1.165) is 50.8 Å². The molecule has 0 heteroatoms. The molecule has 1 unspecified atom stereocenters. The summed E-state index contributed by atoms with van der Waals surface area (Å²) in [5.74, 6) is 0.263. The van der Waals surface area contributed by atoms with Crippen molar-refractivity contribution >= 4 is 0 Å². The first-order valence-corrected chi connectivity index (χ1v) is 46.4. The van der Waals surface area contributed by atoms with Crippen LogP contribution in [0.15, 0.2) is 152 Å². The first-order valence-electron chi connectivity index (χ1n) is 52.3. The van der Waals surface area contributed by atoms with Crippen molar-refractivity contribution in [2.45, 2.75) is 463 Å². The SMILES string of the molecule is CC(C)(C)c1ccccc1C(C)(C)C.CC(C)Cc1cccc(CC(C)C)c1C(C)(C)C.CC(C)c1ccccc1C(C)(C)C.Cc1cccc(C)c1C(C)(C)C.[2H]C(C)(C)c1cccc(C(C)(C)C)c1C(C)(C)C.[2H]C([2H])([2H])c1cc(C)c(C(C)(C)C)c(C)c1.[2H]C([2H])(c1cccc(C([2H])([2H])C(C)C)c1C(C)(C)C)C(C)C.[2H]CC([2H])(C)c1cccc(C(C)(C)C[2H])c1C(C)(C)C. The maximum Gasteiger partial charge on any atom is 0.0347 e. The standard InChI is InChI=1S/2C18H30.2C17H28.C14H22.2C13H20.C12H18/c2*1-13(2)11-15-9-8-10-16(12-14(3)4)17(15)18(5,6)7;2*1-12(2)13-10-9-11-14(16(3,4)5)15(13)17(6,7)8;1-13(2,3)11-9-7-8-10-12(11)14(4,5)6;1-9-7-10(2)12(11(3)8-9)13(4,5)6;1-10(2)11-8-6-7-9-12(11)13(3,4)5;1-9-7-6-8-10(2)11(9)12(3,4)5/h2*8-10,13-14H,11-12H2,1-7H3;2*9-12H,1-8H3;7-10H,1-6H3;7-8H,1-6H3;6-10H,1-5H3;6-8H,1-5H3/i11D2,12D2;;1D,3D,12D;12D;;1D3;;. The minimum Gasteiger partial charge on any atom is -0.0625 e. The molecule has 0 spiro atoms. The van der Waals surface area contributed by atoms with Gasteiger partial charge in [0.25, 0.3) is 0 Å². The molecule has 0 saturated carbocycles. The molecule has 8 aromatic carbocycles. The molecule has 0 saturated heterocycles. The lowest BCUT2D eigenvalue weighted by molar-refractivity contribution is 0.521. The Morgan fingerprint density at radius 1 is 0.254 bits per heavy atom. The van der Waals surface area contributed by atoms with E-state index in [2.05, 4.69) is 365 Å². The Labute approximate surface area is 776 Å². The van der Waals surface area contributed by atoms with Gasteiger partial charge in [-0.2, -0.15) is 0 Å². The van der Waals surface area contributed by atoms with Crippen LogP contribution in [-0.2, 0) is 85.2 Å². The Morgan fingerprint density at radius 2 is 0.525 bits per heavy atom. The highest BCUT2D eigenvalue weighted by Crippen LogP contribution is 2.43. The summed E-state index contributed by atoms with van der Waals surface area (Å²) in [4.78, 5) is 0. The van der Waals surface area contributed by atoms with Crippen LogP contribution < -0.4 is 0 Å². The Morgan fingerprint density at radius 3 is 0.795 bits per heavy atom. The minimum absolute atomic E-state index is 0.0425. The van der Waals surface area contributed by atoms with Crippen molar-refractivity contribution in [3.63, 3.8) is 0 Å². The molecule has 122 heavy (non-hydrogen) atoms. The van der Waals surface area contributed by atoms with E-state index in [1.54, 1.807) is 34.9 Å². The molecule has 0 amide bonds. The van der Waals surface area contributed by atoms with Crippen LogP contribution in [0.1, 0.15) is 486 Å². The van der Waals surface area contributed by atoms with Gasteiger partial charge in [-0.1, -0.05) is 483 Å². The first-order chi connectivity index (χ1) is 59.4. The molecule has 0 aliphatic heterocycles. The molecule has 1 atom stereocenters. The molecule has 0 N–H and O–H groups in total. The molecule has 0 bridgehead atoms. The van der Waals surface area contributed by atoms with Crippen LogP contribution >= 0.6 is 0 Å². The van der Waals surface area contributed by atoms with Gasteiger partial charge in [0.05, 0.1) is 0 Å². The Hall–Kier alpha value is -6.24. The summed E-state index contributed by atoms with van der Waals surface area (Å²) in [6.45, 7) is 105. The fourth-order valence-electron chi connectivity index (χ4n) is 17.4. The van der Waals surface area contributed by atoms with Crippen molar-refractivity contribution in [3.05, 3.63) is 280 Å². The third-order valence-corrected chi connectivity index (χ3v) is 21.6. The molecule has 0 aromatic heterocycles. The van der Waals surface area contributed by atoms with Crippen molar-refractivity contribution in [1.29, 1.82) is 0 Å². The fraction of sp³-hybridized carbons (Fsp3) is 0.607. The van der Waals surface area contributed by atoms with Crippen molar-refractivity contribution in [3.8, 4) is 0 Å². The van der Waals surface area contributed by atoms with Crippen molar-refractivity contribution < 1.29 is 15.1 Å². The lowest BCUT2D eigenvalue weighted by Gasteiger charge is -2.33. The maximum atomic E-state index is 8.50. The molecule has 0 heterocycles. The number of aryl methyl sites for hydroxylation is 5. The smallest absolute Gasteiger partial charge is 0.0347 e. The first kappa shape index (κ1) is 94.9. The number of hydrogen-bond donors (Lipinski definition) is 0. The lowest BCUT2D eigenvalue weighted by Crippen LogP contribution is -2.24. The molecule has 0 fully saturated rings. The molecule has 0 aliphatic rings. The summed E-state index contributed by atoms with van der Waals surface area (Å²) < 4.78 is 88.6. The van der Waals surface area contributed by atoms with Gasteiger partial charge in [0.2, 0.25) is 0 Å². The molecule has 8 aromatic rings. The zero-order chi connectivity index (χ0) is 105. The largest absolute Gasteiger partial charge is 0.0625 e. The van der Waals surface area contributed by atoms with Crippen LogP contribution in [0.5, 0.6) is 0 Å². The quantitative estimate of drug-likeness (QED) is 0.121. The zero-order valence-electron chi connectivity index (χ0n) is 99.6. The van der Waals surface area contributed by atoms with E-state index in [0.29, 0.717) is 29.5 Å². The minimum atomic E-state index is -2.01. The van der Waals surface area contributed by atoms with E-state index >= 15 is 0 Å². The summed E-state index contributed by atoms with van der Waals surface area (Å²) in [6, 6.07) is 52.4. The van der Waals surface area contributed by atoms with Crippen molar-refractivity contribution in [1.82, 2.24) is 0 Å². The summed E-state index contributed by atoms with van der Waals surface area (Å²) in [5.41, 5.74) is 28.7. The van der Waals surface area contributed by atoms with E-state index in [4.69, 9.17) is 15.1 Å². The molecule has 0 aliphatic carbocycles. The van der Waals surface area contributed by atoms with Gasteiger partial charge in [0.15, 0.2) is 0 Å². The zero-order valence-corrected chi connectivity index (χ0v) is 88.6. The summed E-state index contributed by atoms with van der Waals surface area (Å²) in [5, 5.41) is 0. The van der Waals surface area contributed by atoms with Gasteiger partial charge in [-0.25, -0.2) is 0 Å². The highest BCUT2D eigenvalue weighted by atomic mass is 14.4. The monoisotopic (exact) mass is 1670 g/mol. The molecule has 8 rings (SSSR count). The lowest BCUT2D eigenvalue weighted by atomic mass is 9.71. The van der Waals surface area contributed by atoms with Crippen LogP contribution in [-0.4, -0.2) is 0 Å². The number of rotatable bonds is 11. The van der Waals surface area contributed by atoms with Gasteiger partial charge in [-0.15, -0.1) is 0 Å². The van der Waals surface area contributed by atoms with Gasteiger partial charge in [0, 0.05) is 15.1 Å². The topological polar surface area (TPSA) is 0 Å². The summed E-state index contributed by atoms with van der Waals surface area (Å²) in [7, 11) is 0. The van der Waals surface area contributed by atoms with Crippen LogP contribution in [0.2, 0.25) is 0 Å². The number of benzene rings is 8. The van der Waals surface area contributed by atoms with Crippen LogP contribution in [0.25, 0.3) is 0 Å². The fourth-order valence-corrected chi connectivity index (χ4v) is 17.4. The maximum absolute atomic E-state index is 8.50. The normalized spacial score (nSPS) is 14.8. The Balaban J connectivity index is 0.000000765. The summed E-state index contributed by atoms with van der Waals surface area (Å²) in [6.07, 6.45) is -0.575. The molecule has 0 nitrogen and oxygen atoms in total. The van der Waals surface area contributed by atoms with E-state index in [1.165, 1.54) is 68.5 Å². The molecule has 0 radical (unpaired) electrons. The predicted molar refractivity (Wildman–Crippen MR) is 557 cm³/mol. The van der Waals surface area contributed by atoms with Crippen LogP contribution in [0.4, 0.5) is 0 Å². The van der Waals surface area contributed by atoms with E-state index < -0.39 is 31.4 Å². The highest BCUT2D eigenvalue weighted by molar-refractivity contribution is 5.49. The third-order valence-electron chi connectivity index (χ3n) is 21.6. The van der Waals surface area contributed by atoms with Gasteiger partial charge < -0.3 is 0 Å². The second-order valence-electron chi connectivity index (χ2n) is 48.1. The van der Waals surface area contributed by atoms with Crippen LogP contribution in [0, 0.1) is 58.2 Å². The predicted octanol–water partition coefficient (Wildman–Crippen LogP) is 37.5. The third kappa shape index (κ3) is 37.7. The molecule has 684 valence electrons. The van der Waals surface area contributed by atoms with Crippen LogP contribution in [0.3, 0.4) is 0 Å². The molecular weight excluding hydrogens is 1470 g/mol. The van der Waals surface area contributed by atoms with Crippen molar-refractivity contribution in [2.75, 3.05) is 0 Å². The van der Waals surface area contributed by atoms with Gasteiger partial charge in [0.1, 0.15) is 0 Å². The highest BCUT2D eigenvalue weighted by Gasteiger charge is 2.32. The van der Waals surface area contributed by atoms with E-state index in [1.807, 2.05) is 107 Å². The van der Waals surface area contributed by atoms with E-state index in [9.17, 15) is 0 Å². The Kier molecular flexibility index (Phi) is 36.1. The van der Waals surface area contributed by atoms with Gasteiger partial charge in [-0.3, -0.25) is 0 Å². The average molecular weight is 1670 g/mol. The molecular formula is C122H196. The second-order valence-corrected chi connectivity index (χ2v) is 48.1. The summed E-state index contributed by atoms with van der Waals surface area (Å²) >= 11 is 0. The van der Waals surface area contributed by atoms with Gasteiger partial charge in [-0.05, 0) is 283 Å².